The van der Waals surface area contributed by atoms with E-state index < -0.39 is 11.3 Å². The van der Waals surface area contributed by atoms with Gasteiger partial charge < -0.3 is 9.64 Å². The van der Waals surface area contributed by atoms with Crippen molar-refractivity contribution in [3.63, 3.8) is 0 Å². The zero-order chi connectivity index (χ0) is 24.9. The van der Waals surface area contributed by atoms with E-state index in [1.807, 2.05) is 62.4 Å². The number of hydrogen-bond donors (Lipinski definition) is 1. The minimum absolute atomic E-state index is 0.0215. The summed E-state index contributed by atoms with van der Waals surface area (Å²) in [5, 5.41) is 3.11. The predicted octanol–water partition coefficient (Wildman–Crippen LogP) is 4.57. The zero-order valence-corrected chi connectivity index (χ0v) is 19.9. The van der Waals surface area contributed by atoms with Crippen molar-refractivity contribution in [1.82, 2.24) is 14.7 Å². The highest BCUT2D eigenvalue weighted by Gasteiger charge is 2.28. The molecule has 0 aliphatic rings. The summed E-state index contributed by atoms with van der Waals surface area (Å²) < 4.78 is 6.53. The van der Waals surface area contributed by atoms with Crippen molar-refractivity contribution < 1.29 is 14.3 Å². The standard InChI is InChI=1S/C28H27N3O4/c1-19(2)30(27(33)21-14-16-23(35-3)17-15-21)18-24(32)25-26(20-10-6-4-7-11-20)29-31(28(25)34)22-12-8-5-9-13-22/h4-17,19,29H,18H2,1-3H3. The number of carbonyl (C=O) groups excluding carboxylic acids is 2. The fourth-order valence-corrected chi connectivity index (χ4v) is 3.89. The number of methoxy groups -OCH3 is 1. The Morgan fingerprint density at radius 3 is 2.09 bits per heavy atom. The van der Waals surface area contributed by atoms with Crippen LogP contribution >= 0.6 is 0 Å². The van der Waals surface area contributed by atoms with Crippen LogP contribution in [0.25, 0.3) is 16.9 Å². The Morgan fingerprint density at radius 2 is 1.51 bits per heavy atom. The summed E-state index contributed by atoms with van der Waals surface area (Å²) in [6.07, 6.45) is 0. The minimum atomic E-state index is -0.458. The molecule has 0 fully saturated rings. The summed E-state index contributed by atoms with van der Waals surface area (Å²) in [6, 6.07) is 24.7. The lowest BCUT2D eigenvalue weighted by Crippen LogP contribution is -2.41. The summed E-state index contributed by atoms with van der Waals surface area (Å²) >= 11 is 0. The molecule has 0 bridgehead atoms. The molecule has 1 N–H and O–H groups in total. The number of para-hydroxylation sites is 1. The SMILES string of the molecule is COc1ccc(C(=O)N(CC(=O)c2c(-c3ccccc3)[nH]n(-c3ccccc3)c2=O)C(C)C)cc1. The maximum atomic E-state index is 13.6. The molecule has 4 aromatic rings. The molecule has 0 saturated carbocycles. The average molecular weight is 470 g/mol. The smallest absolute Gasteiger partial charge is 0.282 e. The first-order valence-electron chi connectivity index (χ1n) is 11.3. The second-order valence-corrected chi connectivity index (χ2v) is 8.38. The Labute approximate surface area is 203 Å². The second-order valence-electron chi connectivity index (χ2n) is 8.38. The first-order chi connectivity index (χ1) is 16.9. The highest BCUT2D eigenvalue weighted by atomic mass is 16.5. The van der Waals surface area contributed by atoms with Crippen LogP contribution in [0, 0.1) is 0 Å². The molecule has 4 rings (SSSR count). The summed E-state index contributed by atoms with van der Waals surface area (Å²) in [6.45, 7) is 3.45. The number of nitrogens with zero attached hydrogens (tertiary/aromatic N) is 2. The number of Topliss-reactive ketones (excluding diaryl/α,β-unsaturated/α-hetero) is 1. The number of carbonyl (C=O) groups is 2. The van der Waals surface area contributed by atoms with Crippen LogP contribution in [0.15, 0.2) is 89.7 Å². The molecular formula is C28H27N3O4. The molecule has 178 valence electrons. The molecule has 0 unspecified atom stereocenters. The van der Waals surface area contributed by atoms with Gasteiger partial charge in [-0.1, -0.05) is 48.5 Å². The van der Waals surface area contributed by atoms with E-state index in [1.165, 1.54) is 9.58 Å². The number of aromatic amines is 1. The quantitative estimate of drug-likeness (QED) is 0.383. The fourth-order valence-electron chi connectivity index (χ4n) is 3.89. The third-order valence-electron chi connectivity index (χ3n) is 5.78. The Hall–Kier alpha value is -4.39. The lowest BCUT2D eigenvalue weighted by molar-refractivity contribution is 0.0661. The maximum Gasteiger partial charge on any atom is 0.282 e. The van der Waals surface area contributed by atoms with Gasteiger partial charge in [-0.25, -0.2) is 4.68 Å². The van der Waals surface area contributed by atoms with Crippen LogP contribution in [0.4, 0.5) is 0 Å². The van der Waals surface area contributed by atoms with Crippen molar-refractivity contribution in [2.24, 2.45) is 0 Å². The number of ketones is 1. The number of H-pyrrole nitrogens is 1. The van der Waals surface area contributed by atoms with E-state index in [9.17, 15) is 14.4 Å². The van der Waals surface area contributed by atoms with Crippen molar-refractivity contribution in [2.75, 3.05) is 13.7 Å². The monoisotopic (exact) mass is 469 g/mol. The number of ether oxygens (including phenoxy) is 1. The second kappa shape index (κ2) is 10.3. The lowest BCUT2D eigenvalue weighted by Gasteiger charge is -2.26. The average Bonchev–Trinajstić information content (AvgIpc) is 3.24. The van der Waals surface area contributed by atoms with Crippen molar-refractivity contribution in [3.05, 3.63) is 106 Å². The van der Waals surface area contributed by atoms with Gasteiger partial charge in [0, 0.05) is 17.2 Å². The van der Waals surface area contributed by atoms with Crippen molar-refractivity contribution in [3.8, 4) is 22.7 Å². The van der Waals surface area contributed by atoms with Gasteiger partial charge in [-0.05, 0) is 50.2 Å². The van der Waals surface area contributed by atoms with E-state index in [4.69, 9.17) is 4.74 Å². The van der Waals surface area contributed by atoms with E-state index in [0.29, 0.717) is 28.3 Å². The van der Waals surface area contributed by atoms with Crippen LogP contribution in [0.3, 0.4) is 0 Å². The molecule has 1 aromatic heterocycles. The molecule has 1 heterocycles. The summed E-state index contributed by atoms with van der Waals surface area (Å²) in [5.74, 6) is -0.0958. The number of rotatable bonds is 8. The van der Waals surface area contributed by atoms with Crippen molar-refractivity contribution in [2.45, 2.75) is 19.9 Å². The van der Waals surface area contributed by atoms with Crippen molar-refractivity contribution >= 4 is 11.7 Å². The predicted molar refractivity (Wildman–Crippen MR) is 135 cm³/mol. The van der Waals surface area contributed by atoms with Crippen LogP contribution in [-0.2, 0) is 0 Å². The number of nitrogens with one attached hydrogen (secondary N) is 1. The normalized spacial score (nSPS) is 10.9. The largest absolute Gasteiger partial charge is 0.497 e. The Balaban J connectivity index is 1.73. The van der Waals surface area contributed by atoms with Crippen LogP contribution < -0.4 is 10.3 Å². The van der Waals surface area contributed by atoms with Gasteiger partial charge in [-0.2, -0.15) is 0 Å². The lowest BCUT2D eigenvalue weighted by atomic mass is 10.0. The van der Waals surface area contributed by atoms with Gasteiger partial charge in [0.1, 0.15) is 11.3 Å². The van der Waals surface area contributed by atoms with Gasteiger partial charge in [-0.15, -0.1) is 0 Å². The van der Waals surface area contributed by atoms with Gasteiger partial charge in [0.25, 0.3) is 11.5 Å². The molecule has 0 aliphatic heterocycles. The van der Waals surface area contributed by atoms with Crippen LogP contribution in [0.1, 0.15) is 34.6 Å². The Kier molecular flexibility index (Phi) is 6.96. The number of amides is 1. The van der Waals surface area contributed by atoms with Gasteiger partial charge in [0.15, 0.2) is 5.78 Å². The highest BCUT2D eigenvalue weighted by molar-refractivity contribution is 6.05. The van der Waals surface area contributed by atoms with E-state index in [0.717, 1.165) is 0 Å². The molecule has 3 aromatic carbocycles. The number of aromatic nitrogens is 2. The highest BCUT2D eigenvalue weighted by Crippen LogP contribution is 2.22. The first kappa shape index (κ1) is 23.8. The molecule has 35 heavy (non-hydrogen) atoms. The molecular weight excluding hydrogens is 442 g/mol. The molecule has 7 heteroatoms. The molecule has 0 saturated heterocycles. The van der Waals surface area contributed by atoms with Crippen LogP contribution in [-0.4, -0.2) is 46.1 Å². The zero-order valence-electron chi connectivity index (χ0n) is 19.9. The minimum Gasteiger partial charge on any atom is -0.497 e. The molecule has 0 aliphatic carbocycles. The number of hydrogen-bond acceptors (Lipinski definition) is 4. The number of benzene rings is 3. The van der Waals surface area contributed by atoms with Crippen LogP contribution in [0.2, 0.25) is 0 Å². The van der Waals surface area contributed by atoms with Gasteiger partial charge in [0.05, 0.1) is 25.0 Å². The summed E-state index contributed by atoms with van der Waals surface area (Å²) in [5.41, 5.74) is 1.74. The summed E-state index contributed by atoms with van der Waals surface area (Å²) in [7, 11) is 1.55. The van der Waals surface area contributed by atoms with E-state index in [1.54, 1.807) is 43.5 Å². The topological polar surface area (TPSA) is 84.4 Å². The third kappa shape index (κ3) is 4.94. The Morgan fingerprint density at radius 1 is 0.914 bits per heavy atom. The van der Waals surface area contributed by atoms with Gasteiger partial charge >= 0.3 is 0 Å². The van der Waals surface area contributed by atoms with E-state index >= 15 is 0 Å². The van der Waals surface area contributed by atoms with Gasteiger partial charge in [-0.3, -0.25) is 19.5 Å². The maximum absolute atomic E-state index is 13.6. The molecule has 0 spiro atoms. The molecule has 0 radical (unpaired) electrons. The molecule has 0 atom stereocenters. The fraction of sp³-hybridized carbons (Fsp3) is 0.179. The molecule has 7 nitrogen and oxygen atoms in total. The summed E-state index contributed by atoms with van der Waals surface area (Å²) in [4.78, 5) is 41.8. The van der Waals surface area contributed by atoms with Crippen molar-refractivity contribution in [1.29, 1.82) is 0 Å². The van der Waals surface area contributed by atoms with Gasteiger partial charge in [0.2, 0.25) is 0 Å². The van der Waals surface area contributed by atoms with E-state index in [-0.39, 0.29) is 24.1 Å². The van der Waals surface area contributed by atoms with E-state index in [2.05, 4.69) is 5.10 Å². The Bertz CT molecular complexity index is 1370. The molecule has 1 amide bonds. The third-order valence-corrected chi connectivity index (χ3v) is 5.78. The van der Waals surface area contributed by atoms with Crippen LogP contribution in [0.5, 0.6) is 5.75 Å². The first-order valence-corrected chi connectivity index (χ1v) is 11.3.